The third-order valence-corrected chi connectivity index (χ3v) is 6.58. The maximum atomic E-state index is 12.1. The molecule has 3 atom stereocenters. The summed E-state index contributed by atoms with van der Waals surface area (Å²) < 4.78 is 16.6. The first-order chi connectivity index (χ1) is 14.8. The van der Waals surface area contributed by atoms with Crippen molar-refractivity contribution in [3.8, 4) is 11.5 Å². The quantitative estimate of drug-likeness (QED) is 0.603. The highest BCUT2D eigenvalue weighted by Crippen LogP contribution is 2.45. The van der Waals surface area contributed by atoms with Crippen LogP contribution in [0, 0.1) is 17.8 Å². The molecule has 3 rings (SSSR count). The Morgan fingerprint density at radius 2 is 1.84 bits per heavy atom. The van der Waals surface area contributed by atoms with E-state index in [0.717, 1.165) is 43.9 Å². The Kier molecular flexibility index (Phi) is 7.81. The summed E-state index contributed by atoms with van der Waals surface area (Å²) in [6, 6.07) is 4.50. The summed E-state index contributed by atoms with van der Waals surface area (Å²) in [4.78, 5) is 25.6. The monoisotopic (exact) mass is 432 g/mol. The lowest BCUT2D eigenvalue weighted by molar-refractivity contribution is -0.148. The van der Waals surface area contributed by atoms with Gasteiger partial charge in [0.1, 0.15) is 0 Å². The summed E-state index contributed by atoms with van der Waals surface area (Å²) in [7, 11) is 3.33. The van der Waals surface area contributed by atoms with Crippen LogP contribution >= 0.6 is 0 Å². The van der Waals surface area contributed by atoms with Crippen LogP contribution in [0.15, 0.2) is 12.1 Å². The minimum Gasteiger partial charge on any atom is -0.493 e. The number of hydrogen-bond acceptors (Lipinski definition) is 6. The van der Waals surface area contributed by atoms with Crippen LogP contribution in [0.1, 0.15) is 56.7 Å². The Labute approximate surface area is 185 Å². The molecule has 0 saturated carbocycles. The maximum Gasteiger partial charge on any atom is 0.306 e. The van der Waals surface area contributed by atoms with Gasteiger partial charge >= 0.3 is 5.97 Å². The fourth-order valence-corrected chi connectivity index (χ4v) is 5.08. The van der Waals surface area contributed by atoms with Gasteiger partial charge in [0.15, 0.2) is 11.5 Å². The van der Waals surface area contributed by atoms with Gasteiger partial charge in [0.25, 0.3) is 0 Å². The van der Waals surface area contributed by atoms with Crippen LogP contribution < -0.4 is 15.2 Å². The zero-order chi connectivity index (χ0) is 22.5. The molecule has 0 bridgehead atoms. The van der Waals surface area contributed by atoms with Crippen molar-refractivity contribution in [1.82, 2.24) is 4.90 Å². The number of nitrogens with two attached hydrogens (primary N) is 1. The van der Waals surface area contributed by atoms with Gasteiger partial charge < -0.3 is 19.9 Å². The summed E-state index contributed by atoms with van der Waals surface area (Å²) in [5, 5.41) is 0. The molecule has 2 N–H and O–H groups in total. The largest absolute Gasteiger partial charge is 0.493 e. The number of nitrogens with zero attached hydrogens (tertiary/aromatic N) is 1. The highest BCUT2D eigenvalue weighted by molar-refractivity contribution is 5.79. The van der Waals surface area contributed by atoms with Crippen LogP contribution in [-0.2, 0) is 20.7 Å². The Hall–Kier alpha value is -2.28. The normalized spacial score (nSPS) is 23.1. The summed E-state index contributed by atoms with van der Waals surface area (Å²) >= 11 is 0. The van der Waals surface area contributed by atoms with Crippen molar-refractivity contribution >= 4 is 11.9 Å². The number of rotatable bonds is 9. The topological polar surface area (TPSA) is 91.1 Å². The SMILES string of the molecule is COc1cc2c(cc1OC)[C@H]1C[C@@H](COC(=O)CCC(N)=O)[C@H](CC(C)C)CN1CC2. The van der Waals surface area contributed by atoms with Gasteiger partial charge in [0.05, 0.1) is 27.2 Å². The van der Waals surface area contributed by atoms with E-state index in [0.29, 0.717) is 18.4 Å². The van der Waals surface area contributed by atoms with Gasteiger partial charge in [-0.2, -0.15) is 0 Å². The number of carbonyl (C=O) groups is 2. The van der Waals surface area contributed by atoms with E-state index < -0.39 is 5.91 Å². The molecule has 0 aliphatic carbocycles. The smallest absolute Gasteiger partial charge is 0.306 e. The Morgan fingerprint density at radius 1 is 1.13 bits per heavy atom. The highest BCUT2D eigenvalue weighted by Gasteiger charge is 2.40. The first-order valence-corrected chi connectivity index (χ1v) is 11.2. The second kappa shape index (κ2) is 10.4. The van der Waals surface area contributed by atoms with Crippen molar-refractivity contribution in [3.05, 3.63) is 23.3 Å². The maximum absolute atomic E-state index is 12.1. The fraction of sp³-hybridized carbons (Fsp3) is 0.667. The first-order valence-electron chi connectivity index (χ1n) is 11.2. The van der Waals surface area contributed by atoms with E-state index in [2.05, 4.69) is 30.9 Å². The van der Waals surface area contributed by atoms with E-state index in [9.17, 15) is 9.59 Å². The summed E-state index contributed by atoms with van der Waals surface area (Å²) in [5.74, 6) is 2.02. The van der Waals surface area contributed by atoms with E-state index in [1.54, 1.807) is 14.2 Å². The lowest BCUT2D eigenvalue weighted by Crippen LogP contribution is -2.47. The van der Waals surface area contributed by atoms with Gasteiger partial charge in [-0.3, -0.25) is 14.5 Å². The third kappa shape index (κ3) is 5.70. The molecule has 1 fully saturated rings. The van der Waals surface area contributed by atoms with E-state index in [-0.39, 0.29) is 30.8 Å². The van der Waals surface area contributed by atoms with E-state index in [1.807, 2.05) is 0 Å². The molecule has 31 heavy (non-hydrogen) atoms. The van der Waals surface area contributed by atoms with Crippen molar-refractivity contribution in [1.29, 1.82) is 0 Å². The highest BCUT2D eigenvalue weighted by atomic mass is 16.5. The van der Waals surface area contributed by atoms with Crippen molar-refractivity contribution in [2.75, 3.05) is 33.9 Å². The van der Waals surface area contributed by atoms with Crippen molar-refractivity contribution in [2.24, 2.45) is 23.5 Å². The van der Waals surface area contributed by atoms with Crippen molar-refractivity contribution < 1.29 is 23.8 Å². The minimum atomic E-state index is -0.480. The van der Waals surface area contributed by atoms with E-state index in [4.69, 9.17) is 19.9 Å². The first kappa shape index (κ1) is 23.4. The van der Waals surface area contributed by atoms with Gasteiger partial charge in [-0.25, -0.2) is 0 Å². The van der Waals surface area contributed by atoms with Gasteiger partial charge in [-0.1, -0.05) is 13.8 Å². The number of methoxy groups -OCH3 is 2. The fourth-order valence-electron chi connectivity index (χ4n) is 5.08. The summed E-state index contributed by atoms with van der Waals surface area (Å²) in [6.07, 6.45) is 3.11. The number of amides is 1. The second-order valence-electron chi connectivity index (χ2n) is 9.20. The molecule has 1 amide bonds. The van der Waals surface area contributed by atoms with Crippen LogP contribution in [0.2, 0.25) is 0 Å². The second-order valence-corrected chi connectivity index (χ2v) is 9.20. The van der Waals surface area contributed by atoms with E-state index in [1.165, 1.54) is 11.1 Å². The van der Waals surface area contributed by atoms with Crippen LogP contribution in [0.3, 0.4) is 0 Å². The molecule has 7 nitrogen and oxygen atoms in total. The van der Waals surface area contributed by atoms with Gasteiger partial charge in [0.2, 0.25) is 5.91 Å². The minimum absolute atomic E-state index is 0.0321. The molecule has 172 valence electrons. The molecular weight excluding hydrogens is 396 g/mol. The molecule has 0 aromatic heterocycles. The molecule has 2 heterocycles. The van der Waals surface area contributed by atoms with Crippen LogP contribution in [0.4, 0.5) is 0 Å². The number of piperidine rings is 1. The molecule has 0 spiro atoms. The lowest BCUT2D eigenvalue weighted by atomic mass is 9.74. The Morgan fingerprint density at radius 3 is 2.48 bits per heavy atom. The lowest BCUT2D eigenvalue weighted by Gasteiger charge is -2.47. The molecule has 7 heteroatoms. The molecule has 1 saturated heterocycles. The average Bonchev–Trinajstić information content (AvgIpc) is 2.74. The molecule has 1 aromatic carbocycles. The van der Waals surface area contributed by atoms with Gasteiger partial charge in [0, 0.05) is 25.6 Å². The van der Waals surface area contributed by atoms with Gasteiger partial charge in [-0.15, -0.1) is 0 Å². The predicted molar refractivity (Wildman–Crippen MR) is 118 cm³/mol. The van der Waals surface area contributed by atoms with Crippen LogP contribution in [-0.4, -0.2) is 50.7 Å². The average molecular weight is 433 g/mol. The Bertz CT molecular complexity index is 794. The zero-order valence-electron chi connectivity index (χ0n) is 19.2. The molecule has 1 aromatic rings. The molecule has 2 aliphatic rings. The van der Waals surface area contributed by atoms with Crippen molar-refractivity contribution in [3.63, 3.8) is 0 Å². The summed E-state index contributed by atoms with van der Waals surface area (Å²) in [5.41, 5.74) is 7.74. The predicted octanol–water partition coefficient (Wildman–Crippen LogP) is 3.09. The number of primary amides is 1. The number of benzene rings is 1. The van der Waals surface area contributed by atoms with E-state index >= 15 is 0 Å². The standard InChI is InChI=1S/C24H36N2O5/c1-15(2)9-17-13-26-8-7-16-11-21(29-3)22(30-4)12-19(16)20(26)10-18(17)14-31-24(28)6-5-23(25)27/h11-12,15,17-18,20H,5-10,13-14H2,1-4H3,(H2,25,27)/t17-,18+,20-/m1/s1. The number of hydrogen-bond donors (Lipinski definition) is 1. The molecule has 0 unspecified atom stereocenters. The van der Waals surface area contributed by atoms with Crippen LogP contribution in [0.25, 0.3) is 0 Å². The molecule has 0 radical (unpaired) electrons. The number of ether oxygens (including phenoxy) is 3. The van der Waals surface area contributed by atoms with Crippen LogP contribution in [0.5, 0.6) is 11.5 Å². The van der Waals surface area contributed by atoms with Gasteiger partial charge in [-0.05, 0) is 60.3 Å². The number of esters is 1. The molecule has 2 aliphatic heterocycles. The third-order valence-electron chi connectivity index (χ3n) is 6.58. The number of carbonyl (C=O) groups excluding carboxylic acids is 2. The van der Waals surface area contributed by atoms with Crippen molar-refractivity contribution in [2.45, 2.75) is 52.0 Å². The number of fused-ring (bicyclic) bond motifs is 3. The Balaban J connectivity index is 1.78. The molecular formula is C24H36N2O5. The summed E-state index contributed by atoms with van der Waals surface area (Å²) in [6.45, 7) is 6.89. The zero-order valence-corrected chi connectivity index (χ0v) is 19.2.